The Labute approximate surface area is 179 Å². The molecule has 4 rings (SSSR count). The van der Waals surface area contributed by atoms with Gasteiger partial charge in [0.1, 0.15) is 24.7 Å². The van der Waals surface area contributed by atoms with E-state index < -0.39 is 11.9 Å². The van der Waals surface area contributed by atoms with Gasteiger partial charge in [-0.1, -0.05) is 0 Å². The number of piperidine rings is 1. The third-order valence-electron chi connectivity index (χ3n) is 6.04. The number of ether oxygens (including phenoxy) is 2. The number of rotatable bonds is 4. The van der Waals surface area contributed by atoms with E-state index in [9.17, 15) is 17.6 Å². The zero-order valence-electron chi connectivity index (χ0n) is 17.6. The lowest BCUT2D eigenvalue weighted by atomic mass is 9.89. The number of hydrogen-bond donors (Lipinski definition) is 0. The number of benzene rings is 1. The van der Waals surface area contributed by atoms with Gasteiger partial charge in [-0.2, -0.15) is 13.2 Å². The highest BCUT2D eigenvalue weighted by Gasteiger charge is 2.33. The minimum atomic E-state index is -4.45. The van der Waals surface area contributed by atoms with Gasteiger partial charge in [0.2, 0.25) is 0 Å². The van der Waals surface area contributed by atoms with Gasteiger partial charge in [-0.05, 0) is 69.3 Å². The normalized spacial score (nSPS) is 20.5. The number of fused-ring (bicyclic) bond motifs is 1. The van der Waals surface area contributed by atoms with Gasteiger partial charge in [0.05, 0.1) is 0 Å². The lowest BCUT2D eigenvalue weighted by Crippen LogP contribution is -2.38. The molecule has 168 valence electrons. The largest absolute Gasteiger partial charge is 0.486 e. The maximum absolute atomic E-state index is 14.8. The molecule has 2 unspecified atom stereocenters. The average molecular weight is 438 g/mol. The summed E-state index contributed by atoms with van der Waals surface area (Å²) in [6.45, 7) is 5.88. The summed E-state index contributed by atoms with van der Waals surface area (Å²) in [5.74, 6) is 0.831. The summed E-state index contributed by atoms with van der Waals surface area (Å²) in [6, 6.07) is 5.78. The Morgan fingerprint density at radius 3 is 2.55 bits per heavy atom. The number of hydrogen-bond acceptors (Lipinski definition) is 4. The summed E-state index contributed by atoms with van der Waals surface area (Å²) < 4.78 is 65.1. The second kappa shape index (κ2) is 8.65. The molecule has 2 aromatic rings. The van der Waals surface area contributed by atoms with E-state index in [-0.39, 0.29) is 17.8 Å². The van der Waals surface area contributed by atoms with Gasteiger partial charge in [0.15, 0.2) is 11.5 Å². The lowest BCUT2D eigenvalue weighted by molar-refractivity contribution is -0.141. The van der Waals surface area contributed by atoms with Gasteiger partial charge in [-0.15, -0.1) is 0 Å². The molecule has 1 fully saturated rings. The Bertz CT molecular complexity index is 948. The van der Waals surface area contributed by atoms with Crippen LogP contribution in [0.2, 0.25) is 0 Å². The Morgan fingerprint density at radius 1 is 1.13 bits per heavy atom. The molecule has 0 spiro atoms. The molecule has 1 aromatic carbocycles. The molecular formula is C23H26F4N2O2. The standard InChI is InChI=1S/C23H26F4N2O2/c1-14-8-17(10-22(28-14)23(25,26)27)9-16-4-3-5-29(13-16)15(2)18-11-20-21(12-19(18)24)31-7-6-30-20/h8,10-12,15-16H,3-7,9,13H2,1-2H3. The van der Waals surface area contributed by atoms with E-state index in [1.807, 2.05) is 6.92 Å². The van der Waals surface area contributed by atoms with Crippen LogP contribution >= 0.6 is 0 Å². The monoisotopic (exact) mass is 438 g/mol. The van der Waals surface area contributed by atoms with Crippen molar-refractivity contribution in [3.63, 3.8) is 0 Å². The van der Waals surface area contributed by atoms with E-state index in [4.69, 9.17) is 9.47 Å². The summed E-state index contributed by atoms with van der Waals surface area (Å²) in [4.78, 5) is 5.82. The molecule has 0 saturated carbocycles. The van der Waals surface area contributed by atoms with Crippen LogP contribution in [-0.4, -0.2) is 36.2 Å². The van der Waals surface area contributed by atoms with Crippen molar-refractivity contribution >= 4 is 0 Å². The first-order chi connectivity index (χ1) is 14.7. The molecule has 3 heterocycles. The van der Waals surface area contributed by atoms with Crippen LogP contribution in [0, 0.1) is 18.7 Å². The molecule has 1 saturated heterocycles. The maximum Gasteiger partial charge on any atom is 0.433 e. The van der Waals surface area contributed by atoms with Crippen LogP contribution < -0.4 is 9.47 Å². The van der Waals surface area contributed by atoms with Gasteiger partial charge >= 0.3 is 6.18 Å². The van der Waals surface area contributed by atoms with Crippen molar-refractivity contribution < 1.29 is 27.0 Å². The fraction of sp³-hybridized carbons (Fsp3) is 0.522. The molecule has 0 amide bonds. The van der Waals surface area contributed by atoms with Crippen LogP contribution in [0.5, 0.6) is 11.5 Å². The van der Waals surface area contributed by atoms with Gasteiger partial charge in [-0.3, -0.25) is 4.90 Å². The number of nitrogens with zero attached hydrogens (tertiary/aromatic N) is 2. The molecule has 1 aromatic heterocycles. The van der Waals surface area contributed by atoms with E-state index in [1.165, 1.54) is 6.07 Å². The highest BCUT2D eigenvalue weighted by molar-refractivity contribution is 5.45. The van der Waals surface area contributed by atoms with Crippen molar-refractivity contribution in [2.24, 2.45) is 5.92 Å². The molecule has 2 aliphatic rings. The highest BCUT2D eigenvalue weighted by atomic mass is 19.4. The Morgan fingerprint density at radius 2 is 1.84 bits per heavy atom. The molecule has 0 bridgehead atoms. The minimum Gasteiger partial charge on any atom is -0.486 e. The van der Waals surface area contributed by atoms with Crippen LogP contribution in [-0.2, 0) is 12.6 Å². The smallest absolute Gasteiger partial charge is 0.433 e. The third kappa shape index (κ3) is 4.95. The van der Waals surface area contributed by atoms with E-state index in [2.05, 4.69) is 9.88 Å². The fourth-order valence-corrected chi connectivity index (χ4v) is 4.55. The summed E-state index contributed by atoms with van der Waals surface area (Å²) in [7, 11) is 0. The highest BCUT2D eigenvalue weighted by Crippen LogP contribution is 2.37. The SMILES string of the molecule is Cc1cc(CC2CCCN(C(C)c3cc4c(cc3F)OCCO4)C2)cc(C(F)(F)F)n1. The first kappa shape index (κ1) is 21.9. The second-order valence-electron chi connectivity index (χ2n) is 8.40. The van der Waals surface area contributed by atoms with E-state index in [0.29, 0.717) is 54.5 Å². The van der Waals surface area contributed by atoms with Crippen molar-refractivity contribution in [1.29, 1.82) is 0 Å². The van der Waals surface area contributed by atoms with Crippen LogP contribution in [0.3, 0.4) is 0 Å². The zero-order valence-corrected chi connectivity index (χ0v) is 17.6. The fourth-order valence-electron chi connectivity index (χ4n) is 4.55. The van der Waals surface area contributed by atoms with E-state index in [1.54, 1.807) is 19.1 Å². The summed E-state index contributed by atoms with van der Waals surface area (Å²) in [5, 5.41) is 0. The molecule has 4 nitrogen and oxygen atoms in total. The number of halogens is 4. The molecular weight excluding hydrogens is 412 g/mol. The molecule has 0 aliphatic carbocycles. The second-order valence-corrected chi connectivity index (χ2v) is 8.40. The quantitative estimate of drug-likeness (QED) is 0.604. The number of likely N-dealkylation sites (tertiary alicyclic amines) is 1. The molecule has 2 atom stereocenters. The van der Waals surface area contributed by atoms with Gasteiger partial charge < -0.3 is 9.47 Å². The molecule has 8 heteroatoms. The lowest BCUT2D eigenvalue weighted by Gasteiger charge is -2.37. The molecule has 2 aliphatic heterocycles. The summed E-state index contributed by atoms with van der Waals surface area (Å²) in [5.41, 5.74) is 0.708. The zero-order chi connectivity index (χ0) is 22.2. The van der Waals surface area contributed by atoms with Crippen molar-refractivity contribution in [3.05, 3.63) is 52.6 Å². The van der Waals surface area contributed by atoms with Crippen molar-refractivity contribution in [1.82, 2.24) is 9.88 Å². The summed E-state index contributed by atoms with van der Waals surface area (Å²) in [6.07, 6.45) is -2.07. The first-order valence-corrected chi connectivity index (χ1v) is 10.6. The van der Waals surface area contributed by atoms with Crippen molar-refractivity contribution in [2.75, 3.05) is 26.3 Å². The predicted molar refractivity (Wildman–Crippen MR) is 108 cm³/mol. The Balaban J connectivity index is 1.48. The van der Waals surface area contributed by atoms with Crippen LogP contribution in [0.25, 0.3) is 0 Å². The first-order valence-electron chi connectivity index (χ1n) is 10.6. The molecule has 0 N–H and O–H groups in total. The van der Waals surface area contributed by atoms with E-state index >= 15 is 0 Å². The van der Waals surface area contributed by atoms with Crippen LogP contribution in [0.4, 0.5) is 17.6 Å². The topological polar surface area (TPSA) is 34.6 Å². The number of aromatic nitrogens is 1. The van der Waals surface area contributed by atoms with Crippen molar-refractivity contribution in [3.8, 4) is 11.5 Å². The molecule has 31 heavy (non-hydrogen) atoms. The molecule has 0 radical (unpaired) electrons. The summed E-state index contributed by atoms with van der Waals surface area (Å²) >= 11 is 0. The van der Waals surface area contributed by atoms with Crippen LogP contribution in [0.1, 0.15) is 48.3 Å². The average Bonchev–Trinajstić information content (AvgIpc) is 2.72. The minimum absolute atomic E-state index is 0.177. The van der Waals surface area contributed by atoms with Crippen LogP contribution in [0.15, 0.2) is 24.3 Å². The number of aryl methyl sites for hydroxylation is 1. The predicted octanol–water partition coefficient (Wildman–Crippen LogP) is 5.33. The maximum atomic E-state index is 14.8. The van der Waals surface area contributed by atoms with Gasteiger partial charge in [0, 0.05) is 29.9 Å². The number of alkyl halides is 3. The Hall–Kier alpha value is -2.35. The Kier molecular flexibility index (Phi) is 6.10. The van der Waals surface area contributed by atoms with Gasteiger partial charge in [-0.25, -0.2) is 9.37 Å². The number of pyridine rings is 1. The van der Waals surface area contributed by atoms with Gasteiger partial charge in [0.25, 0.3) is 0 Å². The van der Waals surface area contributed by atoms with E-state index in [0.717, 1.165) is 25.5 Å². The van der Waals surface area contributed by atoms with Crippen molar-refractivity contribution in [2.45, 2.75) is 45.3 Å². The third-order valence-corrected chi connectivity index (χ3v) is 6.04.